The van der Waals surface area contributed by atoms with Gasteiger partial charge in [0.1, 0.15) is 24.4 Å². The quantitative estimate of drug-likeness (QED) is 0.297. The lowest BCUT2D eigenvalue weighted by atomic mass is 9.88. The minimum absolute atomic E-state index is 0.288. The smallest absolute Gasteiger partial charge is 0.209 e. The molecule has 2 aliphatic heterocycles. The van der Waals surface area contributed by atoms with Gasteiger partial charge >= 0.3 is 0 Å². The fourth-order valence-electron chi connectivity index (χ4n) is 3.38. The Balaban J connectivity index is 1.75. The van der Waals surface area contributed by atoms with E-state index < -0.39 is 55.6 Å². The van der Waals surface area contributed by atoms with Crippen molar-refractivity contribution in [2.45, 2.75) is 43.1 Å². The van der Waals surface area contributed by atoms with Crippen LogP contribution < -0.4 is 0 Å². The number of hydrogen-bond acceptors (Lipinski definition) is 9. The minimum atomic E-state index is -1.56. The molecule has 3 aliphatic rings. The lowest BCUT2D eigenvalue weighted by molar-refractivity contribution is -0.339. The van der Waals surface area contributed by atoms with Crippen molar-refractivity contribution >= 4 is 0 Å². The van der Waals surface area contributed by atoms with Gasteiger partial charge in [-0.3, -0.25) is 0 Å². The summed E-state index contributed by atoms with van der Waals surface area (Å²) in [7, 11) is 0. The highest BCUT2D eigenvalue weighted by atomic mass is 16.8. The SMILES string of the molecule is OCC1=C[C@@H](O)[C@@H]2C=CO[C@@H](O[C@H]3O[C@@H](CO)[C@@H](O)[C@@H](O)[C@H]3O)[C@@H]12. The van der Waals surface area contributed by atoms with Crippen LogP contribution >= 0.6 is 0 Å². The second-order valence-corrected chi connectivity index (χ2v) is 6.16. The standard InChI is InChI=1S/C15H22O9/c16-4-6-3-8(18)7-1-2-22-14(10(6)7)24-15-13(21)12(20)11(19)9(5-17)23-15/h1-3,7-21H,4-5H2/t7-,8+,9-,10-,11+,12+,13+,14-,15+/m0/s1. The van der Waals surface area contributed by atoms with Crippen molar-refractivity contribution in [3.63, 3.8) is 0 Å². The van der Waals surface area contributed by atoms with E-state index in [1.807, 2.05) is 0 Å². The van der Waals surface area contributed by atoms with E-state index in [2.05, 4.69) is 0 Å². The monoisotopic (exact) mass is 346 g/mol. The fraction of sp³-hybridized carbons (Fsp3) is 0.733. The summed E-state index contributed by atoms with van der Waals surface area (Å²) in [6, 6.07) is 0. The Morgan fingerprint density at radius 3 is 2.42 bits per heavy atom. The summed E-state index contributed by atoms with van der Waals surface area (Å²) in [5.41, 5.74) is 0.534. The third kappa shape index (κ3) is 2.98. The molecule has 24 heavy (non-hydrogen) atoms. The molecule has 9 atom stereocenters. The Labute approximate surface area is 138 Å². The maximum absolute atomic E-state index is 10.0. The normalized spacial score (nSPS) is 47.9. The second kappa shape index (κ2) is 7.06. The lowest BCUT2D eigenvalue weighted by Crippen LogP contribution is -2.60. The van der Waals surface area contributed by atoms with Gasteiger partial charge in [-0.25, -0.2) is 0 Å². The molecule has 0 radical (unpaired) electrons. The first-order valence-corrected chi connectivity index (χ1v) is 7.75. The van der Waals surface area contributed by atoms with Crippen LogP contribution in [0.3, 0.4) is 0 Å². The maximum Gasteiger partial charge on any atom is 0.209 e. The number of ether oxygens (including phenoxy) is 3. The summed E-state index contributed by atoms with van der Waals surface area (Å²) in [4.78, 5) is 0. The van der Waals surface area contributed by atoms with Crippen LogP contribution in [0.5, 0.6) is 0 Å². The van der Waals surface area contributed by atoms with E-state index in [1.54, 1.807) is 6.08 Å². The van der Waals surface area contributed by atoms with E-state index in [1.165, 1.54) is 12.3 Å². The predicted molar refractivity (Wildman–Crippen MR) is 77.0 cm³/mol. The molecule has 136 valence electrons. The number of hydrogen-bond donors (Lipinski definition) is 6. The molecule has 6 N–H and O–H groups in total. The summed E-state index contributed by atoms with van der Waals surface area (Å²) in [6.07, 6.45) is -4.27. The Hall–Kier alpha value is -1.04. The van der Waals surface area contributed by atoms with Gasteiger partial charge in [0.05, 0.1) is 31.5 Å². The number of fused-ring (bicyclic) bond motifs is 1. The van der Waals surface area contributed by atoms with Crippen LogP contribution in [0.1, 0.15) is 0 Å². The van der Waals surface area contributed by atoms with Crippen molar-refractivity contribution in [3.05, 3.63) is 24.0 Å². The summed E-state index contributed by atoms with van der Waals surface area (Å²) < 4.78 is 16.3. The van der Waals surface area contributed by atoms with E-state index in [4.69, 9.17) is 14.2 Å². The first-order valence-electron chi connectivity index (χ1n) is 7.75. The molecule has 0 amide bonds. The Morgan fingerprint density at radius 1 is 1.00 bits per heavy atom. The van der Waals surface area contributed by atoms with E-state index in [9.17, 15) is 30.6 Å². The van der Waals surface area contributed by atoms with Crippen LogP contribution in [0.4, 0.5) is 0 Å². The highest BCUT2D eigenvalue weighted by Gasteiger charge is 2.49. The van der Waals surface area contributed by atoms with Gasteiger partial charge in [0, 0.05) is 5.92 Å². The largest absolute Gasteiger partial charge is 0.472 e. The average Bonchev–Trinajstić information content (AvgIpc) is 2.92. The van der Waals surface area contributed by atoms with E-state index in [-0.39, 0.29) is 12.5 Å². The van der Waals surface area contributed by atoms with Gasteiger partial charge in [-0.1, -0.05) is 6.08 Å². The molecular weight excluding hydrogens is 324 g/mol. The maximum atomic E-state index is 10.0. The van der Waals surface area contributed by atoms with Gasteiger partial charge in [0.15, 0.2) is 6.29 Å². The highest BCUT2D eigenvalue weighted by Crippen LogP contribution is 2.40. The molecule has 2 heterocycles. The lowest BCUT2D eigenvalue weighted by Gasteiger charge is -2.42. The molecule has 1 fully saturated rings. The van der Waals surface area contributed by atoms with Crippen molar-refractivity contribution in [2.24, 2.45) is 11.8 Å². The summed E-state index contributed by atoms with van der Waals surface area (Å²) >= 11 is 0. The summed E-state index contributed by atoms with van der Waals surface area (Å²) in [5.74, 6) is -0.835. The zero-order valence-corrected chi connectivity index (χ0v) is 12.8. The van der Waals surface area contributed by atoms with E-state index in [0.29, 0.717) is 5.57 Å². The van der Waals surface area contributed by atoms with Crippen LogP contribution in [0, 0.1) is 11.8 Å². The van der Waals surface area contributed by atoms with Crippen LogP contribution in [0.25, 0.3) is 0 Å². The highest BCUT2D eigenvalue weighted by molar-refractivity contribution is 5.25. The van der Waals surface area contributed by atoms with Crippen LogP contribution in [-0.2, 0) is 14.2 Å². The van der Waals surface area contributed by atoms with Crippen molar-refractivity contribution in [1.29, 1.82) is 0 Å². The van der Waals surface area contributed by atoms with Crippen molar-refractivity contribution in [1.82, 2.24) is 0 Å². The molecule has 1 saturated heterocycles. The van der Waals surface area contributed by atoms with Crippen molar-refractivity contribution in [2.75, 3.05) is 13.2 Å². The number of aliphatic hydroxyl groups excluding tert-OH is 6. The van der Waals surface area contributed by atoms with Crippen LogP contribution in [0.15, 0.2) is 24.0 Å². The third-order valence-corrected chi connectivity index (χ3v) is 4.73. The zero-order valence-electron chi connectivity index (χ0n) is 12.8. The molecule has 0 spiro atoms. The summed E-state index contributed by atoms with van der Waals surface area (Å²) in [6.45, 7) is -0.854. The van der Waals surface area contributed by atoms with Crippen LogP contribution in [0.2, 0.25) is 0 Å². The van der Waals surface area contributed by atoms with E-state index >= 15 is 0 Å². The number of rotatable bonds is 4. The fourth-order valence-corrected chi connectivity index (χ4v) is 3.38. The predicted octanol–water partition coefficient (Wildman–Crippen LogP) is -2.80. The molecule has 0 aromatic heterocycles. The van der Waals surface area contributed by atoms with Crippen LogP contribution in [-0.4, -0.2) is 87.0 Å². The van der Waals surface area contributed by atoms with Gasteiger partial charge in [-0.15, -0.1) is 0 Å². The first kappa shape index (κ1) is 17.8. The second-order valence-electron chi connectivity index (χ2n) is 6.16. The third-order valence-electron chi connectivity index (χ3n) is 4.73. The van der Waals surface area contributed by atoms with E-state index in [0.717, 1.165) is 0 Å². The molecule has 0 aromatic rings. The van der Waals surface area contributed by atoms with Gasteiger partial charge in [-0.05, 0) is 11.6 Å². The van der Waals surface area contributed by atoms with Gasteiger partial charge in [0.2, 0.25) is 6.29 Å². The molecule has 0 saturated carbocycles. The van der Waals surface area contributed by atoms with Crippen molar-refractivity contribution < 1.29 is 44.8 Å². The number of aliphatic hydroxyl groups is 6. The molecule has 3 rings (SSSR count). The molecule has 0 unspecified atom stereocenters. The first-order chi connectivity index (χ1) is 11.5. The molecule has 0 bridgehead atoms. The molecule has 0 aromatic carbocycles. The Morgan fingerprint density at radius 2 is 1.75 bits per heavy atom. The molecule has 9 nitrogen and oxygen atoms in total. The Bertz CT molecular complexity index is 505. The minimum Gasteiger partial charge on any atom is -0.472 e. The average molecular weight is 346 g/mol. The van der Waals surface area contributed by atoms with Crippen molar-refractivity contribution in [3.8, 4) is 0 Å². The summed E-state index contributed by atoms with van der Waals surface area (Å²) in [5, 5.41) is 58.3. The Kier molecular flexibility index (Phi) is 5.23. The molecule has 9 heteroatoms. The zero-order chi connectivity index (χ0) is 17.4. The topological polar surface area (TPSA) is 149 Å². The molecule has 1 aliphatic carbocycles. The van der Waals surface area contributed by atoms with Gasteiger partial charge in [-0.2, -0.15) is 0 Å². The van der Waals surface area contributed by atoms with Gasteiger partial charge < -0.3 is 44.8 Å². The molecular formula is C15H22O9. The van der Waals surface area contributed by atoms with Gasteiger partial charge in [0.25, 0.3) is 0 Å².